The molecule has 0 aromatic heterocycles. The van der Waals surface area contributed by atoms with Crippen LogP contribution in [0.5, 0.6) is 5.75 Å². The van der Waals surface area contributed by atoms with E-state index in [1.807, 2.05) is 19.1 Å². The highest BCUT2D eigenvalue weighted by Crippen LogP contribution is 2.26. The van der Waals surface area contributed by atoms with Gasteiger partial charge in [0.25, 0.3) is 11.8 Å². The molecule has 0 aliphatic carbocycles. The summed E-state index contributed by atoms with van der Waals surface area (Å²) in [4.78, 5) is 50.7. The topological polar surface area (TPSA) is 96.0 Å². The highest BCUT2D eigenvalue weighted by molar-refractivity contribution is 6.23. The van der Waals surface area contributed by atoms with Gasteiger partial charge in [-0.15, -0.1) is 0 Å². The van der Waals surface area contributed by atoms with E-state index < -0.39 is 29.7 Å². The highest BCUT2D eigenvalue weighted by atomic mass is 16.5. The van der Waals surface area contributed by atoms with Crippen LogP contribution in [0.15, 0.2) is 54.6 Å². The van der Waals surface area contributed by atoms with E-state index in [9.17, 15) is 19.2 Å². The molecule has 3 rings (SSSR count). The van der Waals surface area contributed by atoms with Gasteiger partial charge in [-0.2, -0.15) is 0 Å². The standard InChI is InChI=1S/C21H21N3O5/c1-14-7-6-8-16(11-14)23-20(27)12-18(21(23)28)24(15(2)25)22-19(26)13-29-17-9-4-3-5-10-17/h3-11,18H,12-13H2,1-2H3,(H,22,26). The predicted octanol–water partition coefficient (Wildman–Crippen LogP) is 1.59. The zero-order chi connectivity index (χ0) is 21.0. The molecule has 1 unspecified atom stereocenters. The Morgan fingerprint density at radius 1 is 1.14 bits per heavy atom. The Hall–Kier alpha value is -3.68. The van der Waals surface area contributed by atoms with Crippen molar-refractivity contribution in [2.45, 2.75) is 26.3 Å². The number of nitrogens with zero attached hydrogens (tertiary/aromatic N) is 2. The molecule has 1 aliphatic rings. The zero-order valence-corrected chi connectivity index (χ0v) is 16.1. The molecule has 8 nitrogen and oxygen atoms in total. The Kier molecular flexibility index (Phi) is 5.92. The largest absolute Gasteiger partial charge is 0.484 e. The third-order valence-electron chi connectivity index (χ3n) is 4.39. The van der Waals surface area contributed by atoms with Crippen molar-refractivity contribution in [2.24, 2.45) is 0 Å². The lowest BCUT2D eigenvalue weighted by Gasteiger charge is -2.26. The van der Waals surface area contributed by atoms with Gasteiger partial charge in [0.05, 0.1) is 12.1 Å². The Labute approximate surface area is 168 Å². The fourth-order valence-corrected chi connectivity index (χ4v) is 3.06. The summed E-state index contributed by atoms with van der Waals surface area (Å²) in [6.07, 6.45) is -0.216. The Balaban J connectivity index is 1.70. The fraction of sp³-hybridized carbons (Fsp3) is 0.238. The molecule has 0 bridgehead atoms. The molecular formula is C21H21N3O5. The minimum atomic E-state index is -1.11. The lowest BCUT2D eigenvalue weighted by atomic mass is 10.2. The zero-order valence-electron chi connectivity index (χ0n) is 16.1. The second-order valence-electron chi connectivity index (χ2n) is 6.65. The van der Waals surface area contributed by atoms with E-state index in [4.69, 9.17) is 4.74 Å². The average Bonchev–Trinajstić information content (AvgIpc) is 2.99. The molecule has 150 valence electrons. The van der Waals surface area contributed by atoms with Gasteiger partial charge in [0.1, 0.15) is 11.8 Å². The van der Waals surface area contributed by atoms with E-state index in [0.717, 1.165) is 15.5 Å². The number of carbonyl (C=O) groups excluding carboxylic acids is 4. The number of benzene rings is 2. The number of anilines is 1. The van der Waals surface area contributed by atoms with Gasteiger partial charge < -0.3 is 4.74 Å². The van der Waals surface area contributed by atoms with Gasteiger partial charge in [-0.05, 0) is 36.8 Å². The number of hydrazine groups is 1. The van der Waals surface area contributed by atoms with Crippen LogP contribution in [0.4, 0.5) is 5.69 Å². The number of ether oxygens (including phenoxy) is 1. The van der Waals surface area contributed by atoms with Gasteiger partial charge in [0.2, 0.25) is 11.8 Å². The van der Waals surface area contributed by atoms with Crippen molar-refractivity contribution in [1.29, 1.82) is 0 Å². The van der Waals surface area contributed by atoms with Gasteiger partial charge in [-0.1, -0.05) is 30.3 Å². The van der Waals surface area contributed by atoms with Crippen molar-refractivity contribution in [1.82, 2.24) is 10.4 Å². The maximum absolute atomic E-state index is 12.9. The summed E-state index contributed by atoms with van der Waals surface area (Å²) in [6, 6.07) is 14.6. The SMILES string of the molecule is CC(=O)N(NC(=O)COc1ccccc1)C1CC(=O)N(c2cccc(C)c2)C1=O. The molecule has 0 radical (unpaired) electrons. The number of para-hydroxylation sites is 1. The fourth-order valence-electron chi connectivity index (χ4n) is 3.06. The summed E-state index contributed by atoms with van der Waals surface area (Å²) in [7, 11) is 0. The van der Waals surface area contributed by atoms with E-state index in [0.29, 0.717) is 11.4 Å². The van der Waals surface area contributed by atoms with Gasteiger partial charge in [0.15, 0.2) is 6.61 Å². The molecular weight excluding hydrogens is 374 g/mol. The smallest absolute Gasteiger partial charge is 0.276 e. The van der Waals surface area contributed by atoms with E-state index in [1.54, 1.807) is 42.5 Å². The van der Waals surface area contributed by atoms with E-state index in [-0.39, 0.29) is 13.0 Å². The Morgan fingerprint density at radius 2 is 1.86 bits per heavy atom. The van der Waals surface area contributed by atoms with E-state index >= 15 is 0 Å². The second-order valence-corrected chi connectivity index (χ2v) is 6.65. The number of carbonyl (C=O) groups is 4. The summed E-state index contributed by atoms with van der Waals surface area (Å²) in [5.41, 5.74) is 3.71. The molecule has 1 heterocycles. The van der Waals surface area contributed by atoms with Crippen LogP contribution in [0.3, 0.4) is 0 Å². The van der Waals surface area contributed by atoms with Gasteiger partial charge in [-0.25, -0.2) is 9.91 Å². The normalized spacial score (nSPS) is 15.9. The first-order chi connectivity index (χ1) is 13.9. The van der Waals surface area contributed by atoms with E-state index in [2.05, 4.69) is 5.43 Å². The molecule has 1 aliphatic heterocycles. The summed E-state index contributed by atoms with van der Waals surface area (Å²) in [5.74, 6) is -1.69. The quantitative estimate of drug-likeness (QED) is 0.613. The number of rotatable bonds is 5. The van der Waals surface area contributed by atoms with Crippen molar-refractivity contribution in [3.05, 3.63) is 60.2 Å². The first-order valence-corrected chi connectivity index (χ1v) is 9.07. The van der Waals surface area contributed by atoms with Crippen LogP contribution < -0.4 is 15.1 Å². The summed E-state index contributed by atoms with van der Waals surface area (Å²) >= 11 is 0. The van der Waals surface area contributed by atoms with Crippen LogP contribution in [0.2, 0.25) is 0 Å². The number of hydrogen-bond donors (Lipinski definition) is 1. The second kappa shape index (κ2) is 8.55. The summed E-state index contributed by atoms with van der Waals surface area (Å²) in [6.45, 7) is 2.72. The summed E-state index contributed by atoms with van der Waals surface area (Å²) in [5, 5.41) is 0.896. The third-order valence-corrected chi connectivity index (χ3v) is 4.39. The number of amides is 4. The highest BCUT2D eigenvalue weighted by Gasteiger charge is 2.44. The van der Waals surface area contributed by atoms with Crippen molar-refractivity contribution < 1.29 is 23.9 Å². The Morgan fingerprint density at radius 3 is 2.52 bits per heavy atom. The molecule has 1 N–H and O–H groups in total. The lowest BCUT2D eigenvalue weighted by Crippen LogP contribution is -2.54. The number of aryl methyl sites for hydroxylation is 1. The van der Waals surface area contributed by atoms with Gasteiger partial charge in [0, 0.05) is 6.92 Å². The molecule has 8 heteroatoms. The van der Waals surface area contributed by atoms with Gasteiger partial charge >= 0.3 is 0 Å². The maximum Gasteiger partial charge on any atom is 0.276 e. The average molecular weight is 395 g/mol. The molecule has 4 amide bonds. The van der Waals surface area contributed by atoms with Crippen molar-refractivity contribution in [3.63, 3.8) is 0 Å². The van der Waals surface area contributed by atoms with Crippen LogP contribution >= 0.6 is 0 Å². The number of imide groups is 1. The maximum atomic E-state index is 12.9. The van der Waals surface area contributed by atoms with Crippen LogP contribution in [0.1, 0.15) is 18.9 Å². The van der Waals surface area contributed by atoms with Crippen LogP contribution in [0, 0.1) is 6.92 Å². The van der Waals surface area contributed by atoms with Gasteiger partial charge in [-0.3, -0.25) is 24.6 Å². The third kappa shape index (κ3) is 4.60. The molecule has 0 saturated carbocycles. The monoisotopic (exact) mass is 395 g/mol. The minimum absolute atomic E-state index is 0.216. The van der Waals surface area contributed by atoms with Crippen LogP contribution in [-0.4, -0.2) is 41.3 Å². The minimum Gasteiger partial charge on any atom is -0.484 e. The lowest BCUT2D eigenvalue weighted by molar-refractivity contribution is -0.146. The first-order valence-electron chi connectivity index (χ1n) is 9.07. The van der Waals surface area contributed by atoms with Crippen molar-refractivity contribution >= 4 is 29.3 Å². The molecule has 1 saturated heterocycles. The molecule has 1 atom stereocenters. The summed E-state index contributed by atoms with van der Waals surface area (Å²) < 4.78 is 5.35. The van der Waals surface area contributed by atoms with Crippen molar-refractivity contribution in [3.8, 4) is 5.75 Å². The molecule has 1 fully saturated rings. The number of nitrogens with one attached hydrogen (secondary N) is 1. The molecule has 2 aromatic rings. The first kappa shape index (κ1) is 20.1. The Bertz CT molecular complexity index is 944. The molecule has 2 aromatic carbocycles. The predicted molar refractivity (Wildman–Crippen MR) is 105 cm³/mol. The van der Waals surface area contributed by atoms with Crippen molar-refractivity contribution in [2.75, 3.05) is 11.5 Å². The van der Waals surface area contributed by atoms with E-state index in [1.165, 1.54) is 6.92 Å². The number of hydrogen-bond acceptors (Lipinski definition) is 5. The molecule has 0 spiro atoms. The van der Waals surface area contributed by atoms with Crippen LogP contribution in [0.25, 0.3) is 0 Å². The van der Waals surface area contributed by atoms with Crippen LogP contribution in [-0.2, 0) is 19.2 Å². The molecule has 29 heavy (non-hydrogen) atoms.